The summed E-state index contributed by atoms with van der Waals surface area (Å²) in [5.74, 6) is 1.01. The summed E-state index contributed by atoms with van der Waals surface area (Å²) in [6.45, 7) is 7.16. The maximum atomic E-state index is 12.9. The van der Waals surface area contributed by atoms with Crippen LogP contribution in [0.25, 0.3) is 0 Å². The zero-order valence-electron chi connectivity index (χ0n) is 17.6. The number of amides is 2. The van der Waals surface area contributed by atoms with Crippen molar-refractivity contribution >= 4 is 11.8 Å². The van der Waals surface area contributed by atoms with E-state index in [1.807, 2.05) is 46.0 Å². The average molecular weight is 399 g/mol. The molecule has 29 heavy (non-hydrogen) atoms. The highest BCUT2D eigenvalue weighted by Gasteiger charge is 2.54. The van der Waals surface area contributed by atoms with Crippen molar-refractivity contribution in [2.24, 2.45) is 5.92 Å². The summed E-state index contributed by atoms with van der Waals surface area (Å²) in [7, 11) is 3.85. The topological polar surface area (TPSA) is 99.2 Å². The number of imidazole rings is 1. The Balaban J connectivity index is 1.47. The highest BCUT2D eigenvalue weighted by Crippen LogP contribution is 2.44. The van der Waals surface area contributed by atoms with E-state index in [0.717, 1.165) is 17.9 Å². The fraction of sp³-hybridized carbons (Fsp3) is 0.600. The zero-order valence-corrected chi connectivity index (χ0v) is 17.6. The lowest BCUT2D eigenvalue weighted by Crippen LogP contribution is -2.63. The van der Waals surface area contributed by atoms with Gasteiger partial charge < -0.3 is 14.8 Å². The van der Waals surface area contributed by atoms with Crippen LogP contribution in [0.5, 0.6) is 0 Å². The summed E-state index contributed by atoms with van der Waals surface area (Å²) in [6, 6.07) is 1.42. The Bertz CT molecular complexity index is 915. The van der Waals surface area contributed by atoms with Crippen LogP contribution in [0.1, 0.15) is 48.3 Å². The maximum Gasteiger partial charge on any atom is 0.274 e. The van der Waals surface area contributed by atoms with E-state index in [-0.39, 0.29) is 35.4 Å². The highest BCUT2D eigenvalue weighted by atomic mass is 16.2. The quantitative estimate of drug-likeness (QED) is 0.779. The van der Waals surface area contributed by atoms with Crippen molar-refractivity contribution in [2.75, 3.05) is 27.2 Å². The lowest BCUT2D eigenvalue weighted by molar-refractivity contribution is -0.127. The van der Waals surface area contributed by atoms with Gasteiger partial charge in [-0.25, -0.2) is 4.98 Å². The molecule has 2 atom stereocenters. The van der Waals surface area contributed by atoms with E-state index >= 15 is 0 Å². The van der Waals surface area contributed by atoms with Gasteiger partial charge in [-0.3, -0.25) is 19.6 Å². The van der Waals surface area contributed by atoms with Crippen molar-refractivity contribution in [1.29, 1.82) is 0 Å². The number of H-pyrrole nitrogens is 1. The molecule has 0 aromatic carbocycles. The summed E-state index contributed by atoms with van der Waals surface area (Å²) in [5, 5.41) is 10.1. The summed E-state index contributed by atoms with van der Waals surface area (Å²) in [4.78, 5) is 33.9. The largest absolute Gasteiger partial charge is 0.345 e. The number of rotatable bonds is 5. The molecule has 9 nitrogen and oxygen atoms in total. The standard InChI is InChI=1S/C20H29N7O2/c1-12(2)16(25(4)5)18(28)22-15-9-20(27-7-6-21-17(15)27)10-26(11-20)19(29)14-8-13(3)23-24-14/h6-8,12,15-16H,9-11H2,1-5H3,(H,22,28)(H,23,24)/t15?,16-/m1/s1. The molecule has 1 unspecified atom stereocenters. The Kier molecular flexibility index (Phi) is 4.72. The second-order valence-corrected chi connectivity index (χ2v) is 8.89. The molecule has 2 aromatic heterocycles. The van der Waals surface area contributed by atoms with Gasteiger partial charge in [-0.2, -0.15) is 5.10 Å². The Morgan fingerprint density at radius 1 is 1.34 bits per heavy atom. The fourth-order valence-electron chi connectivity index (χ4n) is 4.83. The lowest BCUT2D eigenvalue weighted by Gasteiger charge is -2.48. The fourth-order valence-corrected chi connectivity index (χ4v) is 4.83. The molecular formula is C20H29N7O2. The third kappa shape index (κ3) is 3.23. The number of aryl methyl sites for hydroxylation is 1. The van der Waals surface area contributed by atoms with Crippen molar-refractivity contribution in [3.8, 4) is 0 Å². The monoisotopic (exact) mass is 399 g/mol. The second kappa shape index (κ2) is 6.98. The van der Waals surface area contributed by atoms with Crippen LogP contribution in [0.2, 0.25) is 0 Å². The molecule has 4 rings (SSSR count). The predicted molar refractivity (Wildman–Crippen MR) is 107 cm³/mol. The van der Waals surface area contributed by atoms with E-state index in [4.69, 9.17) is 0 Å². The van der Waals surface area contributed by atoms with Crippen molar-refractivity contribution < 1.29 is 9.59 Å². The van der Waals surface area contributed by atoms with E-state index in [0.29, 0.717) is 18.8 Å². The molecule has 2 amide bonds. The molecule has 4 heterocycles. The van der Waals surface area contributed by atoms with Gasteiger partial charge in [0.25, 0.3) is 5.91 Å². The molecule has 0 saturated carbocycles. The van der Waals surface area contributed by atoms with Crippen LogP contribution in [0.3, 0.4) is 0 Å². The van der Waals surface area contributed by atoms with E-state index in [2.05, 4.69) is 25.1 Å². The summed E-state index contributed by atoms with van der Waals surface area (Å²) < 4.78 is 2.14. The van der Waals surface area contributed by atoms with Crippen molar-refractivity contribution in [1.82, 2.24) is 34.9 Å². The first-order valence-electron chi connectivity index (χ1n) is 10.0. The number of hydrogen-bond acceptors (Lipinski definition) is 5. The van der Waals surface area contributed by atoms with Crippen molar-refractivity contribution in [3.05, 3.63) is 35.7 Å². The highest BCUT2D eigenvalue weighted by molar-refractivity contribution is 5.93. The third-order valence-electron chi connectivity index (χ3n) is 6.03. The minimum Gasteiger partial charge on any atom is -0.345 e. The van der Waals surface area contributed by atoms with Gasteiger partial charge in [0.1, 0.15) is 11.5 Å². The van der Waals surface area contributed by atoms with Gasteiger partial charge in [-0.15, -0.1) is 0 Å². The molecule has 2 N–H and O–H groups in total. The van der Waals surface area contributed by atoms with Gasteiger partial charge in [-0.1, -0.05) is 13.8 Å². The van der Waals surface area contributed by atoms with Crippen LogP contribution >= 0.6 is 0 Å². The zero-order chi connectivity index (χ0) is 20.9. The molecule has 1 spiro atoms. The van der Waals surface area contributed by atoms with Gasteiger partial charge in [0.2, 0.25) is 5.91 Å². The second-order valence-electron chi connectivity index (χ2n) is 8.89. The van der Waals surface area contributed by atoms with Gasteiger partial charge in [0.05, 0.1) is 17.6 Å². The lowest BCUT2D eigenvalue weighted by atomic mass is 9.85. The van der Waals surface area contributed by atoms with E-state index < -0.39 is 0 Å². The Hall–Kier alpha value is -2.68. The first-order valence-corrected chi connectivity index (χ1v) is 10.0. The Morgan fingerprint density at radius 3 is 2.66 bits per heavy atom. The molecule has 156 valence electrons. The van der Waals surface area contributed by atoms with Crippen molar-refractivity contribution in [3.63, 3.8) is 0 Å². The summed E-state index contributed by atoms with van der Waals surface area (Å²) in [5.41, 5.74) is 1.09. The molecule has 2 aliphatic rings. The van der Waals surface area contributed by atoms with Gasteiger partial charge in [0.15, 0.2) is 0 Å². The minimum atomic E-state index is -0.212. The number of hydrogen-bond donors (Lipinski definition) is 2. The molecule has 1 saturated heterocycles. The molecule has 2 aliphatic heterocycles. The number of likely N-dealkylation sites (N-methyl/N-ethyl adjacent to an activating group) is 1. The van der Waals surface area contributed by atoms with E-state index in [9.17, 15) is 9.59 Å². The normalized spacial score (nSPS) is 20.8. The Labute approximate surface area is 170 Å². The number of carbonyl (C=O) groups is 2. The van der Waals surface area contributed by atoms with E-state index in [1.54, 1.807) is 17.2 Å². The third-order valence-corrected chi connectivity index (χ3v) is 6.03. The molecule has 0 bridgehead atoms. The molecule has 0 radical (unpaired) electrons. The number of fused-ring (bicyclic) bond motifs is 2. The molecule has 0 aliphatic carbocycles. The van der Waals surface area contributed by atoms with Crippen LogP contribution < -0.4 is 5.32 Å². The predicted octanol–water partition coefficient (Wildman–Crippen LogP) is 0.913. The van der Waals surface area contributed by atoms with Crippen LogP contribution in [0, 0.1) is 12.8 Å². The number of nitrogens with zero attached hydrogens (tertiary/aromatic N) is 5. The van der Waals surface area contributed by atoms with Crippen LogP contribution in [0.15, 0.2) is 18.5 Å². The summed E-state index contributed by atoms with van der Waals surface area (Å²) >= 11 is 0. The average Bonchev–Trinajstić information content (AvgIpc) is 3.29. The molecule has 9 heteroatoms. The van der Waals surface area contributed by atoms with Crippen LogP contribution in [-0.2, 0) is 10.3 Å². The minimum absolute atomic E-state index is 0.0147. The van der Waals surface area contributed by atoms with Crippen LogP contribution in [-0.4, -0.2) is 74.6 Å². The Morgan fingerprint density at radius 2 is 2.07 bits per heavy atom. The maximum absolute atomic E-state index is 12.9. The first-order chi connectivity index (χ1) is 13.7. The van der Waals surface area contributed by atoms with E-state index in [1.165, 1.54) is 0 Å². The number of aromatic amines is 1. The molecular weight excluding hydrogens is 370 g/mol. The number of likely N-dealkylation sites (tertiary alicyclic amines) is 1. The number of carbonyl (C=O) groups excluding carboxylic acids is 2. The first kappa shape index (κ1) is 19.6. The SMILES string of the molecule is Cc1cc(C(=O)N2CC3(CC(NC(=O)[C@@H](C(C)C)N(C)C)c4nccn43)C2)n[nH]1. The number of nitrogens with one attached hydrogen (secondary N) is 2. The molecule has 1 fully saturated rings. The van der Waals surface area contributed by atoms with Crippen LogP contribution in [0.4, 0.5) is 0 Å². The molecule has 2 aromatic rings. The van der Waals surface area contributed by atoms with Crippen molar-refractivity contribution in [2.45, 2.75) is 44.8 Å². The smallest absolute Gasteiger partial charge is 0.274 e. The van der Waals surface area contributed by atoms with Gasteiger partial charge in [0, 0.05) is 37.6 Å². The van der Waals surface area contributed by atoms with Gasteiger partial charge >= 0.3 is 0 Å². The van der Waals surface area contributed by atoms with Gasteiger partial charge in [-0.05, 0) is 33.0 Å². The summed E-state index contributed by atoms with van der Waals surface area (Å²) in [6.07, 6.45) is 4.46. The number of aromatic nitrogens is 4.